The second-order valence-corrected chi connectivity index (χ2v) is 6.31. The van der Waals surface area contributed by atoms with Crippen LogP contribution in [0.5, 0.6) is 11.5 Å². The molecule has 0 aliphatic rings. The molecule has 0 heterocycles. The van der Waals surface area contributed by atoms with E-state index >= 15 is 0 Å². The van der Waals surface area contributed by atoms with Gasteiger partial charge >= 0.3 is 0 Å². The molecule has 3 nitrogen and oxygen atoms in total. The van der Waals surface area contributed by atoms with Crippen LogP contribution in [-0.2, 0) is 11.2 Å². The quantitative estimate of drug-likeness (QED) is 0.592. The van der Waals surface area contributed by atoms with Gasteiger partial charge in [0.2, 0.25) is 6.29 Å². The number of rotatable bonds is 10. The van der Waals surface area contributed by atoms with Gasteiger partial charge in [-0.25, -0.2) is 0 Å². The van der Waals surface area contributed by atoms with E-state index in [-0.39, 0.29) is 12.0 Å². The molecule has 0 saturated carbocycles. The summed E-state index contributed by atoms with van der Waals surface area (Å²) in [5.74, 6) is 2.40. The van der Waals surface area contributed by atoms with Gasteiger partial charge in [-0.2, -0.15) is 0 Å². The summed E-state index contributed by atoms with van der Waals surface area (Å²) < 4.78 is 11.8. The van der Waals surface area contributed by atoms with Gasteiger partial charge in [0.1, 0.15) is 17.1 Å². The van der Waals surface area contributed by atoms with Gasteiger partial charge in [-0.1, -0.05) is 13.8 Å². The van der Waals surface area contributed by atoms with E-state index < -0.39 is 0 Å². The van der Waals surface area contributed by atoms with Gasteiger partial charge in [0.25, 0.3) is 0 Å². The Hall–Kier alpha value is -1.22. The van der Waals surface area contributed by atoms with Crippen LogP contribution in [0, 0.1) is 5.92 Å². The van der Waals surface area contributed by atoms with E-state index in [1.54, 1.807) is 0 Å². The summed E-state index contributed by atoms with van der Waals surface area (Å²) >= 11 is 5.83. The fraction of sp³-hybridized carbons (Fsp3) is 0.611. The highest BCUT2D eigenvalue weighted by Crippen LogP contribution is 2.32. The molecule has 1 unspecified atom stereocenters. The Bertz CT molecular complexity index is 473. The highest BCUT2D eigenvalue weighted by molar-refractivity contribution is 6.17. The lowest BCUT2D eigenvalue weighted by Gasteiger charge is -2.35. The van der Waals surface area contributed by atoms with E-state index in [4.69, 9.17) is 21.1 Å². The van der Waals surface area contributed by atoms with Crippen LogP contribution in [0.15, 0.2) is 18.2 Å². The molecule has 1 radical (unpaired) electrons. The normalized spacial score (nSPS) is 13.7. The minimum Gasteiger partial charge on any atom is -0.494 e. The van der Waals surface area contributed by atoms with Crippen LogP contribution >= 0.6 is 11.6 Å². The number of hydrogen-bond donors (Lipinski definition) is 0. The Morgan fingerprint density at radius 3 is 2.50 bits per heavy atom. The van der Waals surface area contributed by atoms with E-state index in [0.717, 1.165) is 24.2 Å². The van der Waals surface area contributed by atoms with Gasteiger partial charge in [-0.3, -0.25) is 4.79 Å². The third kappa shape index (κ3) is 5.53. The highest BCUT2D eigenvalue weighted by Gasteiger charge is 2.30. The summed E-state index contributed by atoms with van der Waals surface area (Å²) in [6.07, 6.45) is 3.93. The Labute approximate surface area is 139 Å². The van der Waals surface area contributed by atoms with Crippen molar-refractivity contribution in [3.63, 3.8) is 0 Å². The molecule has 0 aliphatic carbocycles. The topological polar surface area (TPSA) is 35.5 Å². The molecular formula is C18H26ClO3. The molecule has 0 spiro atoms. The lowest BCUT2D eigenvalue weighted by atomic mass is 9.87. The number of halogens is 1. The van der Waals surface area contributed by atoms with Crippen molar-refractivity contribution in [3.05, 3.63) is 23.8 Å². The molecule has 1 atom stereocenters. The van der Waals surface area contributed by atoms with Crippen molar-refractivity contribution in [2.45, 2.75) is 52.6 Å². The van der Waals surface area contributed by atoms with Crippen molar-refractivity contribution in [1.29, 1.82) is 0 Å². The summed E-state index contributed by atoms with van der Waals surface area (Å²) in [5.41, 5.74) is 0.543. The summed E-state index contributed by atoms with van der Waals surface area (Å²) in [4.78, 5) is 10.7. The van der Waals surface area contributed by atoms with Crippen molar-refractivity contribution in [2.75, 3.05) is 12.5 Å². The zero-order valence-corrected chi connectivity index (χ0v) is 14.7. The van der Waals surface area contributed by atoms with Gasteiger partial charge in [-0.15, -0.1) is 11.6 Å². The molecule has 0 fully saturated rings. The first kappa shape index (κ1) is 18.8. The van der Waals surface area contributed by atoms with Crippen LogP contribution in [0.3, 0.4) is 0 Å². The van der Waals surface area contributed by atoms with Crippen LogP contribution in [-0.4, -0.2) is 24.4 Å². The zero-order valence-electron chi connectivity index (χ0n) is 13.9. The SMILES string of the molecule is CCOc1cc(C[C]=O)cc(OC(C)(CCCCl)C(C)C)c1. The summed E-state index contributed by atoms with van der Waals surface area (Å²) in [5, 5.41) is 0. The van der Waals surface area contributed by atoms with Crippen molar-refractivity contribution in [3.8, 4) is 11.5 Å². The molecule has 1 rings (SSSR count). The van der Waals surface area contributed by atoms with Gasteiger partial charge in [0.05, 0.1) is 6.61 Å². The maximum absolute atomic E-state index is 10.7. The molecule has 1 aromatic rings. The average molecular weight is 326 g/mol. The largest absolute Gasteiger partial charge is 0.494 e. The van der Waals surface area contributed by atoms with Crippen molar-refractivity contribution >= 4 is 17.9 Å². The number of hydrogen-bond acceptors (Lipinski definition) is 3. The highest BCUT2D eigenvalue weighted by atomic mass is 35.5. The second-order valence-electron chi connectivity index (χ2n) is 5.93. The standard InChI is InChI=1S/C18H26ClO3/c1-5-21-16-11-15(7-10-20)12-17(13-16)22-18(4,14(2)3)8-6-9-19/h11-14H,5-9H2,1-4H3. The molecule has 0 aliphatic heterocycles. The maximum atomic E-state index is 10.7. The minimum absolute atomic E-state index is 0.233. The first-order valence-corrected chi connectivity index (χ1v) is 8.35. The van der Waals surface area contributed by atoms with Gasteiger partial charge in [0, 0.05) is 18.4 Å². The molecule has 1 aromatic carbocycles. The van der Waals surface area contributed by atoms with E-state index in [0.29, 0.717) is 24.2 Å². The van der Waals surface area contributed by atoms with Gasteiger partial charge in [-0.05, 0) is 50.3 Å². The average Bonchev–Trinajstić information content (AvgIpc) is 2.45. The van der Waals surface area contributed by atoms with Crippen molar-refractivity contribution < 1.29 is 14.3 Å². The van der Waals surface area contributed by atoms with E-state index in [1.165, 1.54) is 0 Å². The Balaban J connectivity index is 3.03. The third-order valence-corrected chi connectivity index (χ3v) is 4.17. The van der Waals surface area contributed by atoms with E-state index in [2.05, 4.69) is 20.8 Å². The van der Waals surface area contributed by atoms with E-state index in [9.17, 15) is 4.79 Å². The van der Waals surface area contributed by atoms with Crippen molar-refractivity contribution in [1.82, 2.24) is 0 Å². The molecule has 0 amide bonds. The zero-order chi connectivity index (χ0) is 16.6. The molecular weight excluding hydrogens is 300 g/mol. The number of carbonyl (C=O) groups excluding carboxylic acids is 1. The van der Waals surface area contributed by atoms with Crippen LogP contribution in [0.4, 0.5) is 0 Å². The Morgan fingerprint density at radius 2 is 1.95 bits per heavy atom. The van der Waals surface area contributed by atoms with Crippen LogP contribution in [0.2, 0.25) is 0 Å². The first-order chi connectivity index (χ1) is 10.4. The lowest BCUT2D eigenvalue weighted by molar-refractivity contribution is 0.0312. The summed E-state index contributed by atoms with van der Waals surface area (Å²) in [6, 6.07) is 5.61. The second kappa shape index (κ2) is 9.04. The maximum Gasteiger partial charge on any atom is 0.203 e. The summed E-state index contributed by atoms with van der Waals surface area (Å²) in [7, 11) is 0. The van der Waals surface area contributed by atoms with Crippen LogP contribution < -0.4 is 9.47 Å². The smallest absolute Gasteiger partial charge is 0.203 e. The van der Waals surface area contributed by atoms with Gasteiger partial charge in [0.15, 0.2) is 0 Å². The number of benzene rings is 1. The first-order valence-electron chi connectivity index (χ1n) is 7.82. The molecule has 123 valence electrons. The molecule has 0 bridgehead atoms. The Morgan fingerprint density at radius 1 is 1.27 bits per heavy atom. The summed E-state index contributed by atoms with van der Waals surface area (Å²) in [6.45, 7) is 8.88. The molecule has 4 heteroatoms. The lowest BCUT2D eigenvalue weighted by Crippen LogP contribution is -2.38. The predicted molar refractivity (Wildman–Crippen MR) is 90.8 cm³/mol. The Kier molecular flexibility index (Phi) is 7.74. The molecule has 0 N–H and O–H groups in total. The van der Waals surface area contributed by atoms with Crippen molar-refractivity contribution in [2.24, 2.45) is 5.92 Å². The molecule has 0 aromatic heterocycles. The van der Waals surface area contributed by atoms with Gasteiger partial charge < -0.3 is 9.47 Å². The molecule has 0 saturated heterocycles. The number of ether oxygens (including phenoxy) is 2. The fourth-order valence-corrected chi connectivity index (χ4v) is 2.40. The fourth-order valence-electron chi connectivity index (χ4n) is 2.27. The monoisotopic (exact) mass is 325 g/mol. The van der Waals surface area contributed by atoms with Crippen LogP contribution in [0.25, 0.3) is 0 Å². The number of alkyl halides is 1. The molecule has 22 heavy (non-hydrogen) atoms. The third-order valence-electron chi connectivity index (χ3n) is 3.91. The van der Waals surface area contributed by atoms with E-state index in [1.807, 2.05) is 31.4 Å². The van der Waals surface area contributed by atoms with Crippen LogP contribution in [0.1, 0.15) is 46.1 Å². The minimum atomic E-state index is -0.304. The predicted octanol–water partition coefficient (Wildman–Crippen LogP) is 4.55.